The fraction of sp³-hybridized carbons (Fsp3) is 0.182. The van der Waals surface area contributed by atoms with E-state index >= 15 is 0 Å². The predicted molar refractivity (Wildman–Crippen MR) is 115 cm³/mol. The molecule has 2 N–H and O–H groups in total. The highest BCUT2D eigenvalue weighted by atomic mass is 35.5. The van der Waals surface area contributed by atoms with Crippen LogP contribution in [-0.4, -0.2) is 34.9 Å². The highest BCUT2D eigenvalue weighted by molar-refractivity contribution is 6.30. The number of fused-ring (bicyclic) bond motifs is 1. The van der Waals surface area contributed by atoms with Gasteiger partial charge in [-0.15, -0.1) is 0 Å². The maximum atomic E-state index is 13.4. The number of hydrogen-bond acceptors (Lipinski definition) is 5. The van der Waals surface area contributed by atoms with Crippen molar-refractivity contribution in [2.24, 2.45) is 0 Å². The lowest BCUT2D eigenvalue weighted by atomic mass is 10.1. The molecule has 3 rings (SSSR count). The molecule has 31 heavy (non-hydrogen) atoms. The first-order chi connectivity index (χ1) is 14.8. The number of rotatable bonds is 8. The summed E-state index contributed by atoms with van der Waals surface area (Å²) >= 11 is 5.60. The fourth-order valence-corrected chi connectivity index (χ4v) is 2.83. The van der Waals surface area contributed by atoms with E-state index in [2.05, 4.69) is 27.2 Å². The van der Waals surface area contributed by atoms with Gasteiger partial charge in [-0.3, -0.25) is 14.6 Å². The van der Waals surface area contributed by atoms with Crippen LogP contribution in [0.4, 0.5) is 4.39 Å². The van der Waals surface area contributed by atoms with E-state index in [-0.39, 0.29) is 29.8 Å². The summed E-state index contributed by atoms with van der Waals surface area (Å²) in [6, 6.07) is 9.10. The Morgan fingerprint density at radius 1 is 1.26 bits per heavy atom. The van der Waals surface area contributed by atoms with Gasteiger partial charge >= 0.3 is 0 Å². The molecule has 3 aromatic rings. The topological polar surface area (TPSA) is 93.2 Å². The Balaban J connectivity index is 1.46. The quantitative estimate of drug-likeness (QED) is 0.556. The van der Waals surface area contributed by atoms with Crippen LogP contribution >= 0.6 is 11.6 Å². The summed E-state index contributed by atoms with van der Waals surface area (Å²) in [6.45, 7) is 5.58. The zero-order valence-electron chi connectivity index (χ0n) is 16.7. The van der Waals surface area contributed by atoms with Crippen LogP contribution < -0.4 is 15.4 Å². The van der Waals surface area contributed by atoms with Crippen LogP contribution in [-0.2, 0) is 4.79 Å². The third-order valence-electron chi connectivity index (χ3n) is 4.24. The molecule has 0 atom stereocenters. The molecule has 0 bridgehead atoms. The number of aromatic nitrogens is 2. The molecular weight excluding hydrogens is 423 g/mol. The van der Waals surface area contributed by atoms with Crippen molar-refractivity contribution >= 4 is 34.4 Å². The normalized spacial score (nSPS) is 10.5. The van der Waals surface area contributed by atoms with Gasteiger partial charge in [0.15, 0.2) is 6.61 Å². The maximum Gasteiger partial charge on any atom is 0.257 e. The summed E-state index contributed by atoms with van der Waals surface area (Å²) in [6.07, 6.45) is 1.96. The van der Waals surface area contributed by atoms with Crippen LogP contribution in [0.25, 0.3) is 11.0 Å². The van der Waals surface area contributed by atoms with Crippen LogP contribution in [0.1, 0.15) is 22.5 Å². The molecule has 0 fully saturated rings. The second kappa shape index (κ2) is 9.99. The van der Waals surface area contributed by atoms with Gasteiger partial charge < -0.3 is 15.4 Å². The minimum Gasteiger partial charge on any atom is -0.484 e. The van der Waals surface area contributed by atoms with Crippen molar-refractivity contribution in [1.82, 2.24) is 20.6 Å². The molecule has 0 saturated heterocycles. The molecule has 2 aromatic carbocycles. The summed E-state index contributed by atoms with van der Waals surface area (Å²) in [5, 5.41) is 5.33. The molecule has 0 spiro atoms. The van der Waals surface area contributed by atoms with Crippen LogP contribution in [0.15, 0.2) is 54.9 Å². The first kappa shape index (κ1) is 22.2. The summed E-state index contributed by atoms with van der Waals surface area (Å²) in [7, 11) is 0. The summed E-state index contributed by atoms with van der Waals surface area (Å²) in [5.41, 5.74) is 2.66. The fourth-order valence-electron chi connectivity index (χ4n) is 2.71. The third kappa shape index (κ3) is 5.99. The van der Waals surface area contributed by atoms with E-state index in [4.69, 9.17) is 16.3 Å². The smallest absolute Gasteiger partial charge is 0.257 e. The number of amides is 2. The van der Waals surface area contributed by atoms with Gasteiger partial charge in [-0.2, -0.15) is 0 Å². The van der Waals surface area contributed by atoms with Gasteiger partial charge in [0.05, 0.1) is 21.8 Å². The molecule has 9 heteroatoms. The van der Waals surface area contributed by atoms with Gasteiger partial charge in [-0.05, 0) is 31.2 Å². The maximum absolute atomic E-state index is 13.4. The van der Waals surface area contributed by atoms with Gasteiger partial charge in [0, 0.05) is 30.9 Å². The highest BCUT2D eigenvalue weighted by Crippen LogP contribution is 2.20. The lowest BCUT2D eigenvalue weighted by Crippen LogP contribution is -2.31. The van der Waals surface area contributed by atoms with Crippen molar-refractivity contribution in [1.29, 1.82) is 0 Å². The minimum atomic E-state index is -0.626. The number of nitrogens with one attached hydrogen (secondary N) is 2. The molecule has 160 valence electrons. The zero-order valence-corrected chi connectivity index (χ0v) is 17.5. The average molecular weight is 443 g/mol. The van der Waals surface area contributed by atoms with Crippen LogP contribution in [0.3, 0.4) is 0 Å². The molecule has 0 aliphatic rings. The number of ether oxygens (including phenoxy) is 1. The average Bonchev–Trinajstić information content (AvgIpc) is 2.74. The van der Waals surface area contributed by atoms with Crippen LogP contribution in [0.2, 0.25) is 5.02 Å². The Hall–Kier alpha value is -3.52. The van der Waals surface area contributed by atoms with E-state index in [0.717, 1.165) is 6.07 Å². The molecule has 0 unspecified atom stereocenters. The number of halogens is 2. The standard InChI is InChI=1S/C22H20ClFN4O3/c1-13(8-9-25-20(29)12-31-15-6-7-17(23)18(24)10-15)28-22(30)16-4-3-5-19-21(16)27-14(2)11-26-19/h3-7,10-11H,1,8-9,12H2,2H3,(H,25,29)(H,28,30). The molecule has 7 nitrogen and oxygen atoms in total. The Labute approximate surface area is 183 Å². The molecule has 0 aliphatic carbocycles. The molecule has 0 radical (unpaired) electrons. The summed E-state index contributed by atoms with van der Waals surface area (Å²) in [5.74, 6) is -1.18. The number of aryl methyl sites for hydroxylation is 1. The van der Waals surface area contributed by atoms with E-state index < -0.39 is 11.7 Å². The van der Waals surface area contributed by atoms with Crippen molar-refractivity contribution in [2.75, 3.05) is 13.2 Å². The van der Waals surface area contributed by atoms with E-state index in [9.17, 15) is 14.0 Å². The summed E-state index contributed by atoms with van der Waals surface area (Å²) < 4.78 is 18.6. The van der Waals surface area contributed by atoms with Gasteiger partial charge in [0.1, 0.15) is 17.1 Å². The Kier molecular flexibility index (Phi) is 7.15. The van der Waals surface area contributed by atoms with Gasteiger partial charge in [0.25, 0.3) is 11.8 Å². The van der Waals surface area contributed by atoms with Crippen molar-refractivity contribution in [3.8, 4) is 5.75 Å². The van der Waals surface area contributed by atoms with Crippen molar-refractivity contribution in [2.45, 2.75) is 13.3 Å². The Bertz CT molecular complexity index is 1150. The molecule has 0 aliphatic heterocycles. The largest absolute Gasteiger partial charge is 0.484 e. The third-order valence-corrected chi connectivity index (χ3v) is 4.54. The lowest BCUT2D eigenvalue weighted by molar-refractivity contribution is -0.123. The second-order valence-electron chi connectivity index (χ2n) is 6.71. The van der Waals surface area contributed by atoms with E-state index in [1.807, 2.05) is 0 Å². The monoisotopic (exact) mass is 442 g/mol. The number of nitrogens with zero attached hydrogens (tertiary/aromatic N) is 2. The first-order valence-corrected chi connectivity index (χ1v) is 9.77. The summed E-state index contributed by atoms with van der Waals surface area (Å²) in [4.78, 5) is 33.1. The highest BCUT2D eigenvalue weighted by Gasteiger charge is 2.13. The van der Waals surface area contributed by atoms with Crippen LogP contribution in [0.5, 0.6) is 5.75 Å². The zero-order chi connectivity index (χ0) is 22.4. The van der Waals surface area contributed by atoms with Crippen molar-refractivity contribution in [3.63, 3.8) is 0 Å². The van der Waals surface area contributed by atoms with Crippen LogP contribution in [0, 0.1) is 12.7 Å². The predicted octanol–water partition coefficient (Wildman–Crippen LogP) is 3.56. The van der Waals surface area contributed by atoms with Gasteiger partial charge in [0.2, 0.25) is 0 Å². The minimum absolute atomic E-state index is 0.0250. The van der Waals surface area contributed by atoms with E-state index in [1.54, 1.807) is 31.3 Å². The second-order valence-corrected chi connectivity index (χ2v) is 7.11. The van der Waals surface area contributed by atoms with Crippen molar-refractivity contribution < 1.29 is 18.7 Å². The Morgan fingerprint density at radius 2 is 2.06 bits per heavy atom. The first-order valence-electron chi connectivity index (χ1n) is 9.39. The van der Waals surface area contributed by atoms with Gasteiger partial charge in [-0.1, -0.05) is 24.2 Å². The molecule has 2 amide bonds. The lowest BCUT2D eigenvalue weighted by Gasteiger charge is -2.11. The van der Waals surface area contributed by atoms with E-state index in [1.165, 1.54) is 12.1 Å². The van der Waals surface area contributed by atoms with Gasteiger partial charge in [-0.25, -0.2) is 9.37 Å². The molecule has 1 aromatic heterocycles. The number of carbonyl (C=O) groups excluding carboxylic acids is 2. The molecular formula is C22H20ClFN4O3. The SMILES string of the molecule is C=C(CCNC(=O)COc1ccc(Cl)c(F)c1)NC(=O)c1cccc2ncc(C)nc12. The number of carbonyl (C=O) groups is 2. The number of para-hydroxylation sites is 1. The number of hydrogen-bond donors (Lipinski definition) is 2. The number of benzene rings is 2. The molecule has 0 saturated carbocycles. The van der Waals surface area contributed by atoms with Crippen molar-refractivity contribution in [3.05, 3.63) is 77.0 Å². The molecule has 1 heterocycles. The Morgan fingerprint density at radius 3 is 2.84 bits per heavy atom. The van der Waals surface area contributed by atoms with E-state index in [0.29, 0.717) is 34.4 Å².